The van der Waals surface area contributed by atoms with Crippen molar-refractivity contribution >= 4 is 11.6 Å². The van der Waals surface area contributed by atoms with Crippen LogP contribution in [0, 0.1) is 17.3 Å². The second-order valence-corrected chi connectivity index (χ2v) is 7.77. The van der Waals surface area contributed by atoms with E-state index in [9.17, 15) is 0 Å². The van der Waals surface area contributed by atoms with Crippen molar-refractivity contribution < 1.29 is 4.74 Å². The van der Waals surface area contributed by atoms with Crippen molar-refractivity contribution in [2.75, 3.05) is 7.11 Å². The Morgan fingerprint density at radius 2 is 2.00 bits per heavy atom. The fraction of sp³-hybridized carbons (Fsp3) is 0.667. The number of alkyl halides is 1. The summed E-state index contributed by atoms with van der Waals surface area (Å²) in [5.74, 6) is 2.31. The first-order valence-corrected chi connectivity index (χ1v) is 8.11. The van der Waals surface area contributed by atoms with E-state index in [0.717, 1.165) is 24.5 Å². The molecule has 2 rings (SSSR count). The van der Waals surface area contributed by atoms with Crippen molar-refractivity contribution in [1.29, 1.82) is 0 Å². The number of benzene rings is 1. The third kappa shape index (κ3) is 3.91. The van der Waals surface area contributed by atoms with Crippen molar-refractivity contribution in [1.82, 2.24) is 0 Å². The molecule has 1 fully saturated rings. The van der Waals surface area contributed by atoms with Crippen molar-refractivity contribution in [3.8, 4) is 5.75 Å². The van der Waals surface area contributed by atoms with Gasteiger partial charge in [-0.25, -0.2) is 0 Å². The standard InChI is InChI=1S/C18H27ClO/c1-18(2,3)15-8-9-17(19)14(12-15)10-13-6-5-7-16(11-13)20-4/h5-7,11,14-15,17H,8-10,12H2,1-4H3. The van der Waals surface area contributed by atoms with Gasteiger partial charge in [0.25, 0.3) is 0 Å². The Morgan fingerprint density at radius 1 is 1.25 bits per heavy atom. The van der Waals surface area contributed by atoms with Crippen LogP contribution in [-0.2, 0) is 6.42 Å². The summed E-state index contributed by atoms with van der Waals surface area (Å²) in [4.78, 5) is 0. The molecule has 0 N–H and O–H groups in total. The molecule has 3 atom stereocenters. The van der Waals surface area contributed by atoms with Crippen LogP contribution in [-0.4, -0.2) is 12.5 Å². The quantitative estimate of drug-likeness (QED) is 0.687. The molecule has 0 spiro atoms. The minimum absolute atomic E-state index is 0.319. The fourth-order valence-corrected chi connectivity index (χ4v) is 3.64. The number of hydrogen-bond donors (Lipinski definition) is 0. The van der Waals surface area contributed by atoms with E-state index in [1.807, 2.05) is 6.07 Å². The third-order valence-electron chi connectivity index (χ3n) is 4.75. The van der Waals surface area contributed by atoms with E-state index >= 15 is 0 Å². The summed E-state index contributed by atoms with van der Waals surface area (Å²) in [5.41, 5.74) is 1.73. The molecular weight excluding hydrogens is 268 g/mol. The first kappa shape index (κ1) is 15.7. The lowest BCUT2D eigenvalue weighted by atomic mass is 9.68. The molecule has 0 amide bonds. The van der Waals surface area contributed by atoms with Crippen LogP contribution in [0.5, 0.6) is 5.75 Å². The van der Waals surface area contributed by atoms with E-state index in [1.165, 1.54) is 18.4 Å². The Hall–Kier alpha value is -0.690. The number of halogens is 1. The van der Waals surface area contributed by atoms with Crippen molar-refractivity contribution in [2.24, 2.45) is 17.3 Å². The van der Waals surface area contributed by atoms with Crippen molar-refractivity contribution in [3.63, 3.8) is 0 Å². The molecule has 0 heterocycles. The predicted octanol–water partition coefficient (Wildman–Crippen LogP) is 5.31. The molecule has 0 bridgehead atoms. The van der Waals surface area contributed by atoms with Crippen molar-refractivity contribution in [3.05, 3.63) is 29.8 Å². The molecule has 0 saturated heterocycles. The van der Waals surface area contributed by atoms with Gasteiger partial charge in [0.2, 0.25) is 0 Å². The minimum atomic E-state index is 0.319. The normalized spacial score (nSPS) is 27.4. The second-order valence-electron chi connectivity index (χ2n) is 7.21. The van der Waals surface area contributed by atoms with Gasteiger partial charge in [0.05, 0.1) is 7.11 Å². The summed E-state index contributed by atoms with van der Waals surface area (Å²) in [7, 11) is 1.72. The molecule has 2 heteroatoms. The molecule has 1 nitrogen and oxygen atoms in total. The highest BCUT2D eigenvalue weighted by Crippen LogP contribution is 2.43. The van der Waals surface area contributed by atoms with Gasteiger partial charge in [-0.15, -0.1) is 11.6 Å². The number of hydrogen-bond acceptors (Lipinski definition) is 1. The number of ether oxygens (including phenoxy) is 1. The van der Waals surface area contributed by atoms with Crippen LogP contribution >= 0.6 is 11.6 Å². The van der Waals surface area contributed by atoms with Gasteiger partial charge in [0.1, 0.15) is 5.75 Å². The summed E-state index contributed by atoms with van der Waals surface area (Å²) >= 11 is 6.59. The van der Waals surface area contributed by atoms with Crippen LogP contribution in [0.15, 0.2) is 24.3 Å². The lowest BCUT2D eigenvalue weighted by Crippen LogP contribution is -2.33. The van der Waals surface area contributed by atoms with E-state index in [-0.39, 0.29) is 0 Å². The van der Waals surface area contributed by atoms with E-state index in [2.05, 4.69) is 39.0 Å². The molecule has 3 unspecified atom stereocenters. The SMILES string of the molecule is COc1cccc(CC2CC(C(C)(C)C)CCC2Cl)c1. The van der Waals surface area contributed by atoms with Crippen LogP contribution in [0.4, 0.5) is 0 Å². The summed E-state index contributed by atoms with van der Waals surface area (Å²) < 4.78 is 5.31. The Balaban J connectivity index is 2.06. The zero-order chi connectivity index (χ0) is 14.8. The van der Waals surface area contributed by atoms with Crippen molar-refractivity contribution in [2.45, 2.75) is 51.8 Å². The molecule has 1 aromatic carbocycles. The Morgan fingerprint density at radius 3 is 2.65 bits per heavy atom. The molecule has 20 heavy (non-hydrogen) atoms. The maximum atomic E-state index is 6.59. The first-order valence-electron chi connectivity index (χ1n) is 7.67. The van der Waals surface area contributed by atoms with Crippen LogP contribution < -0.4 is 4.74 Å². The monoisotopic (exact) mass is 294 g/mol. The van der Waals surface area contributed by atoms with Gasteiger partial charge in [0.15, 0.2) is 0 Å². The molecule has 0 radical (unpaired) electrons. The Labute approximate surface area is 128 Å². The van der Waals surface area contributed by atoms with Gasteiger partial charge in [-0.05, 0) is 60.6 Å². The number of rotatable bonds is 3. The molecular formula is C18H27ClO. The van der Waals surface area contributed by atoms with Gasteiger partial charge in [-0.1, -0.05) is 32.9 Å². The molecule has 0 aromatic heterocycles. The Kier molecular flexibility index (Phi) is 5.01. The second kappa shape index (κ2) is 6.39. The largest absolute Gasteiger partial charge is 0.497 e. The van der Waals surface area contributed by atoms with Gasteiger partial charge in [0, 0.05) is 5.38 Å². The van der Waals surface area contributed by atoms with E-state index in [4.69, 9.17) is 16.3 Å². The summed E-state index contributed by atoms with van der Waals surface area (Å²) in [6.07, 6.45) is 4.73. The summed E-state index contributed by atoms with van der Waals surface area (Å²) in [5, 5.41) is 0.319. The minimum Gasteiger partial charge on any atom is -0.497 e. The van der Waals surface area contributed by atoms with Crippen LogP contribution in [0.1, 0.15) is 45.6 Å². The maximum Gasteiger partial charge on any atom is 0.119 e. The summed E-state index contributed by atoms with van der Waals surface area (Å²) in [6, 6.07) is 8.40. The molecule has 1 aromatic rings. The summed E-state index contributed by atoms with van der Waals surface area (Å²) in [6.45, 7) is 7.07. The fourth-order valence-electron chi connectivity index (χ4n) is 3.33. The highest BCUT2D eigenvalue weighted by atomic mass is 35.5. The smallest absolute Gasteiger partial charge is 0.119 e. The maximum absolute atomic E-state index is 6.59. The van der Waals surface area contributed by atoms with Gasteiger partial charge < -0.3 is 4.74 Å². The zero-order valence-electron chi connectivity index (χ0n) is 13.2. The van der Waals surface area contributed by atoms with Gasteiger partial charge in [-0.2, -0.15) is 0 Å². The molecule has 112 valence electrons. The van der Waals surface area contributed by atoms with Crippen LogP contribution in [0.3, 0.4) is 0 Å². The number of methoxy groups -OCH3 is 1. The molecule has 0 aliphatic heterocycles. The third-order valence-corrected chi connectivity index (χ3v) is 5.32. The average molecular weight is 295 g/mol. The topological polar surface area (TPSA) is 9.23 Å². The zero-order valence-corrected chi connectivity index (χ0v) is 13.9. The van der Waals surface area contributed by atoms with E-state index in [0.29, 0.717) is 16.7 Å². The predicted molar refractivity (Wildman–Crippen MR) is 86.6 cm³/mol. The lowest BCUT2D eigenvalue weighted by Gasteiger charge is -2.40. The highest BCUT2D eigenvalue weighted by molar-refractivity contribution is 6.20. The molecule has 1 aliphatic carbocycles. The average Bonchev–Trinajstić information content (AvgIpc) is 2.40. The lowest BCUT2D eigenvalue weighted by molar-refractivity contribution is 0.144. The molecule has 1 aliphatic rings. The van der Waals surface area contributed by atoms with E-state index < -0.39 is 0 Å². The van der Waals surface area contributed by atoms with Crippen LogP contribution in [0.25, 0.3) is 0 Å². The molecule has 1 saturated carbocycles. The van der Waals surface area contributed by atoms with Crippen LogP contribution in [0.2, 0.25) is 0 Å². The van der Waals surface area contributed by atoms with E-state index in [1.54, 1.807) is 7.11 Å². The highest BCUT2D eigenvalue weighted by Gasteiger charge is 2.34. The Bertz CT molecular complexity index is 435. The first-order chi connectivity index (χ1) is 9.40. The van der Waals surface area contributed by atoms with Gasteiger partial charge >= 0.3 is 0 Å². The van der Waals surface area contributed by atoms with Gasteiger partial charge in [-0.3, -0.25) is 0 Å².